The van der Waals surface area contributed by atoms with E-state index < -0.39 is 27.9 Å². The van der Waals surface area contributed by atoms with E-state index in [-0.39, 0.29) is 16.7 Å². The molecule has 0 aromatic heterocycles. The number of aromatic hydroxyl groups is 2. The zero-order valence-corrected chi connectivity index (χ0v) is 10.5. The lowest BCUT2D eigenvalue weighted by molar-refractivity contribution is -0.385. The van der Waals surface area contributed by atoms with Crippen molar-refractivity contribution < 1.29 is 19.9 Å². The van der Waals surface area contributed by atoms with Gasteiger partial charge in [0.15, 0.2) is 17.3 Å². The number of nitro benzene ring substituents is 1. The molecule has 0 saturated carbocycles. The second-order valence-electron chi connectivity index (χ2n) is 4.22. The van der Waals surface area contributed by atoms with E-state index in [9.17, 15) is 25.1 Å². The van der Waals surface area contributed by atoms with Crippen LogP contribution in [0.4, 0.5) is 5.69 Å². The standard InChI is InChI=1S/C14H11NO5/c1-8-11(15(19)20)7-10(14(18)12(8)16)13(17)9-5-3-2-4-6-9/h2-7,16,18H,1H3. The zero-order chi connectivity index (χ0) is 14.9. The van der Waals surface area contributed by atoms with Crippen molar-refractivity contribution in [3.63, 3.8) is 0 Å². The normalized spacial score (nSPS) is 10.2. The van der Waals surface area contributed by atoms with E-state index in [4.69, 9.17) is 0 Å². The molecule has 2 N–H and O–H groups in total. The van der Waals surface area contributed by atoms with Crippen molar-refractivity contribution >= 4 is 11.5 Å². The molecule has 0 heterocycles. The van der Waals surface area contributed by atoms with Crippen LogP contribution in [0, 0.1) is 17.0 Å². The van der Waals surface area contributed by atoms with Crippen LogP contribution < -0.4 is 0 Å². The summed E-state index contributed by atoms with van der Waals surface area (Å²) in [5.74, 6) is -1.90. The largest absolute Gasteiger partial charge is 0.504 e. The Balaban J connectivity index is 2.63. The molecule has 0 atom stereocenters. The molecule has 2 aromatic carbocycles. The van der Waals surface area contributed by atoms with Gasteiger partial charge in [0, 0.05) is 11.6 Å². The van der Waals surface area contributed by atoms with E-state index in [1.165, 1.54) is 19.1 Å². The number of benzene rings is 2. The number of ketones is 1. The maximum atomic E-state index is 12.2. The number of hydrogen-bond donors (Lipinski definition) is 2. The molecule has 0 bridgehead atoms. The van der Waals surface area contributed by atoms with Gasteiger partial charge < -0.3 is 10.2 Å². The van der Waals surface area contributed by atoms with E-state index in [2.05, 4.69) is 0 Å². The number of carbonyl (C=O) groups is 1. The van der Waals surface area contributed by atoms with Gasteiger partial charge in [-0.15, -0.1) is 0 Å². The Morgan fingerprint density at radius 2 is 1.75 bits per heavy atom. The van der Waals surface area contributed by atoms with Gasteiger partial charge in [0.2, 0.25) is 0 Å². The Morgan fingerprint density at radius 1 is 1.15 bits per heavy atom. The number of phenolic OH excluding ortho intramolecular Hbond substituents is 2. The van der Waals surface area contributed by atoms with Crippen molar-refractivity contribution in [3.05, 3.63) is 63.2 Å². The predicted molar refractivity (Wildman–Crippen MR) is 71.0 cm³/mol. The highest BCUT2D eigenvalue weighted by atomic mass is 16.6. The molecule has 0 fully saturated rings. The van der Waals surface area contributed by atoms with Crippen LogP contribution in [0.2, 0.25) is 0 Å². The van der Waals surface area contributed by atoms with Gasteiger partial charge in [0.1, 0.15) is 0 Å². The first-order valence-electron chi connectivity index (χ1n) is 5.73. The fourth-order valence-electron chi connectivity index (χ4n) is 1.85. The number of hydrogen-bond acceptors (Lipinski definition) is 5. The highest BCUT2D eigenvalue weighted by Gasteiger charge is 2.25. The smallest absolute Gasteiger partial charge is 0.277 e. The average molecular weight is 273 g/mol. The summed E-state index contributed by atoms with van der Waals surface area (Å²) in [5.41, 5.74) is -0.539. The Bertz CT molecular complexity index is 694. The molecule has 2 rings (SSSR count). The molecule has 102 valence electrons. The Kier molecular flexibility index (Phi) is 3.39. The summed E-state index contributed by atoms with van der Waals surface area (Å²) in [6, 6.07) is 8.99. The predicted octanol–water partition coefficient (Wildman–Crippen LogP) is 2.55. The minimum atomic E-state index is -0.712. The highest BCUT2D eigenvalue weighted by Crippen LogP contribution is 2.39. The molecule has 0 aliphatic rings. The minimum absolute atomic E-state index is 0.0860. The fraction of sp³-hybridized carbons (Fsp3) is 0.0714. The van der Waals surface area contributed by atoms with E-state index in [1.54, 1.807) is 18.2 Å². The molecule has 20 heavy (non-hydrogen) atoms. The maximum Gasteiger partial charge on any atom is 0.277 e. The maximum absolute atomic E-state index is 12.2. The third kappa shape index (κ3) is 2.18. The van der Waals surface area contributed by atoms with Gasteiger partial charge in [-0.2, -0.15) is 0 Å². The second kappa shape index (κ2) is 5.00. The molecule has 0 aliphatic heterocycles. The molecule has 0 saturated heterocycles. The summed E-state index contributed by atoms with van der Waals surface area (Å²) in [6.07, 6.45) is 0. The van der Waals surface area contributed by atoms with Crippen molar-refractivity contribution in [3.8, 4) is 11.5 Å². The summed E-state index contributed by atoms with van der Waals surface area (Å²) in [5, 5.41) is 30.4. The van der Waals surface area contributed by atoms with Gasteiger partial charge in [-0.1, -0.05) is 30.3 Å². The Hall–Kier alpha value is -2.89. The van der Waals surface area contributed by atoms with Gasteiger partial charge in [0.25, 0.3) is 5.69 Å². The average Bonchev–Trinajstić information content (AvgIpc) is 2.45. The van der Waals surface area contributed by atoms with Crippen LogP contribution in [0.3, 0.4) is 0 Å². The van der Waals surface area contributed by atoms with Crippen molar-refractivity contribution in [1.82, 2.24) is 0 Å². The van der Waals surface area contributed by atoms with Crippen molar-refractivity contribution in [2.24, 2.45) is 0 Å². The van der Waals surface area contributed by atoms with Crippen LogP contribution in [0.15, 0.2) is 36.4 Å². The van der Waals surface area contributed by atoms with Crippen LogP contribution in [0.1, 0.15) is 21.5 Å². The number of nitro groups is 1. The zero-order valence-electron chi connectivity index (χ0n) is 10.5. The number of nitrogens with zero attached hydrogens (tertiary/aromatic N) is 1. The molecular weight excluding hydrogens is 262 g/mol. The number of rotatable bonds is 3. The molecule has 6 heteroatoms. The third-order valence-electron chi connectivity index (χ3n) is 2.98. The first-order valence-corrected chi connectivity index (χ1v) is 5.73. The lowest BCUT2D eigenvalue weighted by atomic mass is 9.99. The van der Waals surface area contributed by atoms with Gasteiger partial charge in [-0.05, 0) is 6.92 Å². The molecule has 2 aromatic rings. The number of phenols is 2. The lowest BCUT2D eigenvalue weighted by Gasteiger charge is -2.08. The van der Waals surface area contributed by atoms with Crippen LogP contribution in [-0.4, -0.2) is 20.9 Å². The fourth-order valence-corrected chi connectivity index (χ4v) is 1.85. The van der Waals surface area contributed by atoms with Crippen LogP contribution in [0.25, 0.3) is 0 Å². The quantitative estimate of drug-likeness (QED) is 0.387. The molecule has 0 amide bonds. The van der Waals surface area contributed by atoms with Gasteiger partial charge in [0.05, 0.1) is 16.1 Å². The Labute approximate surface area is 114 Å². The summed E-state index contributed by atoms with van der Waals surface area (Å²) in [6.45, 7) is 1.30. The van der Waals surface area contributed by atoms with E-state index in [0.717, 1.165) is 6.07 Å². The molecule has 0 spiro atoms. The highest BCUT2D eigenvalue weighted by molar-refractivity contribution is 6.11. The van der Waals surface area contributed by atoms with E-state index in [1.807, 2.05) is 0 Å². The molecule has 0 radical (unpaired) electrons. The first kappa shape index (κ1) is 13.5. The van der Waals surface area contributed by atoms with Gasteiger partial charge in [-0.3, -0.25) is 14.9 Å². The van der Waals surface area contributed by atoms with Crippen molar-refractivity contribution in [1.29, 1.82) is 0 Å². The monoisotopic (exact) mass is 273 g/mol. The third-order valence-corrected chi connectivity index (χ3v) is 2.98. The van der Waals surface area contributed by atoms with Crippen molar-refractivity contribution in [2.75, 3.05) is 0 Å². The van der Waals surface area contributed by atoms with E-state index in [0.29, 0.717) is 0 Å². The lowest BCUT2D eigenvalue weighted by Crippen LogP contribution is -2.04. The molecule has 6 nitrogen and oxygen atoms in total. The SMILES string of the molecule is Cc1c([N+](=O)[O-])cc(C(=O)c2ccccc2)c(O)c1O. The number of carbonyl (C=O) groups excluding carboxylic acids is 1. The molecule has 0 aliphatic carbocycles. The summed E-state index contributed by atoms with van der Waals surface area (Å²) < 4.78 is 0. The minimum Gasteiger partial charge on any atom is -0.504 e. The van der Waals surface area contributed by atoms with Crippen LogP contribution in [-0.2, 0) is 0 Å². The first-order chi connectivity index (χ1) is 9.43. The molecular formula is C14H11NO5. The van der Waals surface area contributed by atoms with E-state index >= 15 is 0 Å². The summed E-state index contributed by atoms with van der Waals surface area (Å²) in [7, 11) is 0. The van der Waals surface area contributed by atoms with Crippen molar-refractivity contribution in [2.45, 2.75) is 6.92 Å². The topological polar surface area (TPSA) is 101 Å². The van der Waals surface area contributed by atoms with Crippen LogP contribution >= 0.6 is 0 Å². The van der Waals surface area contributed by atoms with Gasteiger partial charge >= 0.3 is 0 Å². The summed E-state index contributed by atoms with van der Waals surface area (Å²) in [4.78, 5) is 22.4. The summed E-state index contributed by atoms with van der Waals surface area (Å²) >= 11 is 0. The van der Waals surface area contributed by atoms with Crippen LogP contribution in [0.5, 0.6) is 11.5 Å². The second-order valence-corrected chi connectivity index (χ2v) is 4.22. The molecule has 0 unspecified atom stereocenters. The Morgan fingerprint density at radius 3 is 2.30 bits per heavy atom. The van der Waals surface area contributed by atoms with Gasteiger partial charge in [-0.25, -0.2) is 0 Å².